The van der Waals surface area contributed by atoms with E-state index in [2.05, 4.69) is 23.9 Å². The third-order valence-corrected chi connectivity index (χ3v) is 7.87. The molecule has 0 bridgehead atoms. The normalized spacial score (nSPS) is 28.6. The van der Waals surface area contributed by atoms with E-state index < -0.39 is 11.7 Å². The summed E-state index contributed by atoms with van der Waals surface area (Å²) in [6.07, 6.45) is 15.2. The third kappa shape index (κ3) is 6.26. The maximum atomic E-state index is 13.0. The average Bonchev–Trinajstić information content (AvgIpc) is 3.21. The van der Waals surface area contributed by atoms with E-state index in [9.17, 15) is 18.0 Å². The minimum atomic E-state index is -4.37. The van der Waals surface area contributed by atoms with Crippen molar-refractivity contribution in [2.45, 2.75) is 65.2 Å². The van der Waals surface area contributed by atoms with Crippen LogP contribution in [0.4, 0.5) is 13.2 Å². The number of benzene rings is 1. The number of alkyl halides is 3. The second-order valence-corrected chi connectivity index (χ2v) is 9.76. The number of pyridine rings is 1. The predicted molar refractivity (Wildman–Crippen MR) is 141 cm³/mol. The lowest BCUT2D eigenvalue weighted by molar-refractivity contribution is -0.144. The van der Waals surface area contributed by atoms with Crippen molar-refractivity contribution in [2.75, 3.05) is 0 Å². The van der Waals surface area contributed by atoms with Crippen LogP contribution in [0.25, 0.3) is 17.2 Å². The number of esters is 1. The van der Waals surface area contributed by atoms with E-state index in [0.717, 1.165) is 24.2 Å². The summed E-state index contributed by atoms with van der Waals surface area (Å²) in [7, 11) is 0. The number of carbonyl (C=O) groups is 1. The van der Waals surface area contributed by atoms with E-state index in [0.29, 0.717) is 23.0 Å². The minimum Gasteiger partial charge on any atom is -0.462 e. The number of rotatable bonds is 3. The number of halogens is 3. The summed E-state index contributed by atoms with van der Waals surface area (Å²) in [6.45, 7) is 6.01. The molecular weight excluding hydrogens is 475 g/mol. The molecule has 198 valence electrons. The van der Waals surface area contributed by atoms with Gasteiger partial charge in [0.2, 0.25) is 0 Å². The van der Waals surface area contributed by atoms with Gasteiger partial charge in [-0.2, -0.15) is 13.2 Å². The SMILES string of the molecule is C#C.CC.C[C@H]1OC(=O)[C@@H]2CC3CCCCC3C(/C=C/c3ccc(-c4cccc(C(F)(F)F)c4)cn3)[C@H]12. The van der Waals surface area contributed by atoms with Gasteiger partial charge in [0.1, 0.15) is 6.10 Å². The highest BCUT2D eigenvalue weighted by molar-refractivity contribution is 5.75. The van der Waals surface area contributed by atoms with Crippen molar-refractivity contribution in [3.8, 4) is 24.0 Å². The molecule has 5 rings (SSSR count). The molecule has 0 amide bonds. The highest BCUT2D eigenvalue weighted by atomic mass is 19.4. The number of nitrogens with zero attached hydrogens (tertiary/aromatic N) is 1. The number of terminal acetylenes is 1. The Morgan fingerprint density at radius 3 is 2.46 bits per heavy atom. The molecule has 1 saturated heterocycles. The van der Waals surface area contributed by atoms with Gasteiger partial charge >= 0.3 is 12.1 Å². The van der Waals surface area contributed by atoms with E-state index >= 15 is 0 Å². The van der Waals surface area contributed by atoms with Gasteiger partial charge in [-0.1, -0.05) is 57.4 Å². The van der Waals surface area contributed by atoms with Gasteiger partial charge in [-0.25, -0.2) is 0 Å². The number of carbonyl (C=O) groups excluding carboxylic acids is 1. The molecule has 0 N–H and O–H groups in total. The second kappa shape index (κ2) is 12.4. The zero-order valence-electron chi connectivity index (χ0n) is 21.7. The van der Waals surface area contributed by atoms with Crippen molar-refractivity contribution in [1.82, 2.24) is 4.98 Å². The monoisotopic (exact) mass is 511 g/mol. The van der Waals surface area contributed by atoms with Crippen molar-refractivity contribution in [1.29, 1.82) is 0 Å². The van der Waals surface area contributed by atoms with Crippen molar-refractivity contribution in [3.63, 3.8) is 0 Å². The van der Waals surface area contributed by atoms with Crippen molar-refractivity contribution in [3.05, 3.63) is 59.9 Å². The van der Waals surface area contributed by atoms with Crippen LogP contribution < -0.4 is 0 Å². The zero-order valence-corrected chi connectivity index (χ0v) is 21.7. The maximum absolute atomic E-state index is 13.0. The molecule has 1 aliphatic heterocycles. The minimum absolute atomic E-state index is 0.00903. The Morgan fingerprint density at radius 1 is 1.05 bits per heavy atom. The molecule has 1 aromatic heterocycles. The summed E-state index contributed by atoms with van der Waals surface area (Å²) in [5.74, 6) is 1.57. The highest BCUT2D eigenvalue weighted by Crippen LogP contribution is 2.53. The Morgan fingerprint density at radius 2 is 1.78 bits per heavy atom. The number of fused-ring (bicyclic) bond motifs is 2. The molecule has 3 unspecified atom stereocenters. The summed E-state index contributed by atoms with van der Waals surface area (Å²) in [5.41, 5.74) is 1.23. The maximum Gasteiger partial charge on any atom is 0.416 e. The molecule has 1 aromatic carbocycles. The van der Waals surface area contributed by atoms with Crippen LogP contribution in [0.15, 0.2) is 48.7 Å². The fourth-order valence-corrected chi connectivity index (χ4v) is 6.35. The topological polar surface area (TPSA) is 39.2 Å². The lowest BCUT2D eigenvalue weighted by Crippen LogP contribution is -2.42. The molecule has 2 saturated carbocycles. The third-order valence-electron chi connectivity index (χ3n) is 7.87. The van der Waals surface area contributed by atoms with Gasteiger partial charge in [0.25, 0.3) is 0 Å². The van der Waals surface area contributed by atoms with E-state index in [-0.39, 0.29) is 29.8 Å². The molecular formula is C31H36F3NO2. The number of hydrogen-bond acceptors (Lipinski definition) is 3. The number of hydrogen-bond donors (Lipinski definition) is 0. The van der Waals surface area contributed by atoms with E-state index in [1.54, 1.807) is 18.3 Å². The van der Waals surface area contributed by atoms with Crippen LogP contribution in [-0.4, -0.2) is 17.1 Å². The van der Waals surface area contributed by atoms with Crippen molar-refractivity contribution in [2.24, 2.45) is 29.6 Å². The number of aromatic nitrogens is 1. The fourth-order valence-electron chi connectivity index (χ4n) is 6.35. The average molecular weight is 512 g/mol. The molecule has 3 fully saturated rings. The summed E-state index contributed by atoms with van der Waals surface area (Å²) < 4.78 is 44.7. The summed E-state index contributed by atoms with van der Waals surface area (Å²) in [6, 6.07) is 8.94. The van der Waals surface area contributed by atoms with Crippen LogP contribution in [0.5, 0.6) is 0 Å². The largest absolute Gasteiger partial charge is 0.462 e. The molecule has 2 aromatic rings. The first kappa shape index (κ1) is 28.5. The molecule has 2 heterocycles. The Kier molecular flexibility index (Phi) is 9.59. The summed E-state index contributed by atoms with van der Waals surface area (Å²) in [5, 5.41) is 0. The van der Waals surface area contributed by atoms with Crippen LogP contribution >= 0.6 is 0 Å². The fraction of sp³-hybridized carbons (Fsp3) is 0.484. The molecule has 0 radical (unpaired) electrons. The first-order valence-corrected chi connectivity index (χ1v) is 13.2. The summed E-state index contributed by atoms with van der Waals surface area (Å²) >= 11 is 0. The van der Waals surface area contributed by atoms with Crippen LogP contribution in [0, 0.1) is 42.4 Å². The Hall–Kier alpha value is -3.07. The Labute approximate surface area is 218 Å². The van der Waals surface area contributed by atoms with E-state index in [1.165, 1.54) is 31.7 Å². The lowest BCUT2D eigenvalue weighted by Gasteiger charge is -2.45. The van der Waals surface area contributed by atoms with Gasteiger partial charge < -0.3 is 4.74 Å². The molecule has 0 spiro atoms. The predicted octanol–water partition coefficient (Wildman–Crippen LogP) is 8.06. The molecule has 3 nitrogen and oxygen atoms in total. The van der Waals surface area contributed by atoms with E-state index in [1.807, 2.05) is 32.9 Å². The van der Waals surface area contributed by atoms with Crippen molar-refractivity contribution < 1.29 is 22.7 Å². The van der Waals surface area contributed by atoms with Gasteiger partial charge in [-0.15, -0.1) is 12.8 Å². The molecule has 37 heavy (non-hydrogen) atoms. The molecule has 6 heteroatoms. The molecule has 2 aliphatic carbocycles. The van der Waals surface area contributed by atoms with Gasteiger partial charge in [-0.3, -0.25) is 9.78 Å². The van der Waals surface area contributed by atoms with Crippen LogP contribution in [0.2, 0.25) is 0 Å². The number of ether oxygens (including phenoxy) is 1. The van der Waals surface area contributed by atoms with E-state index in [4.69, 9.17) is 4.74 Å². The lowest BCUT2D eigenvalue weighted by atomic mass is 9.57. The Balaban J connectivity index is 0.000000907. The number of allylic oxidation sites excluding steroid dienone is 1. The number of cyclic esters (lactones) is 1. The standard InChI is InChI=1S/C27H28F3NO2.C2H6.C2H2/c1-16-25-23(22-8-3-2-5-18(22)14-24(25)26(32)33-16)12-11-21-10-9-19(15-31-21)17-6-4-7-20(13-17)27(28,29)30;2*1-2/h4,6-7,9-13,15-16,18,22-25H,2-3,5,8,14H2,1H3;1-2H3;1-2H/b12-11+;;/t16-,18?,22?,23?,24-,25+;;/m1../s1. The first-order chi connectivity index (χ1) is 17.8. The van der Waals surface area contributed by atoms with Gasteiger partial charge in [0, 0.05) is 17.7 Å². The first-order valence-electron chi connectivity index (χ1n) is 13.2. The van der Waals surface area contributed by atoms with Gasteiger partial charge in [0.05, 0.1) is 17.2 Å². The van der Waals surface area contributed by atoms with Crippen LogP contribution in [0.1, 0.15) is 64.1 Å². The van der Waals surface area contributed by atoms with Gasteiger partial charge in [-0.05, 0) is 67.4 Å². The molecule has 3 aliphatic rings. The molecule has 6 atom stereocenters. The van der Waals surface area contributed by atoms with Gasteiger partial charge in [0.15, 0.2) is 0 Å². The quantitative estimate of drug-likeness (QED) is 0.309. The Bertz CT molecular complexity index is 1090. The highest BCUT2D eigenvalue weighted by Gasteiger charge is 2.53. The second-order valence-electron chi connectivity index (χ2n) is 9.76. The van der Waals surface area contributed by atoms with Crippen LogP contribution in [0.3, 0.4) is 0 Å². The van der Waals surface area contributed by atoms with Crippen LogP contribution in [-0.2, 0) is 15.7 Å². The summed E-state index contributed by atoms with van der Waals surface area (Å²) in [4.78, 5) is 16.9. The zero-order chi connectivity index (χ0) is 27.2. The van der Waals surface area contributed by atoms with Crippen molar-refractivity contribution >= 4 is 12.0 Å². The smallest absolute Gasteiger partial charge is 0.416 e.